The van der Waals surface area contributed by atoms with Crippen molar-refractivity contribution in [1.29, 1.82) is 0 Å². The van der Waals surface area contributed by atoms with Crippen molar-refractivity contribution < 1.29 is 33.7 Å². The summed E-state index contributed by atoms with van der Waals surface area (Å²) in [6, 6.07) is 10.6. The normalized spacial score (nSPS) is 28.5. The highest BCUT2D eigenvalue weighted by atomic mass is 35.5. The second-order valence-corrected chi connectivity index (χ2v) is 12.2. The third-order valence-electron chi connectivity index (χ3n) is 8.04. The lowest BCUT2D eigenvalue weighted by molar-refractivity contribution is -0.170. The summed E-state index contributed by atoms with van der Waals surface area (Å²) < 4.78 is 16.8. The number of quaternary nitrogens is 1. The molecule has 0 aliphatic carbocycles. The first-order valence-corrected chi connectivity index (χ1v) is 13.5. The van der Waals surface area contributed by atoms with Crippen LogP contribution >= 0.6 is 11.6 Å². The minimum absolute atomic E-state index is 0.0884. The number of nitrogens with one attached hydrogen (secondary N) is 1. The van der Waals surface area contributed by atoms with Crippen molar-refractivity contribution >= 4 is 34.9 Å². The van der Waals surface area contributed by atoms with Crippen LogP contribution in [0.2, 0.25) is 5.02 Å². The summed E-state index contributed by atoms with van der Waals surface area (Å²) in [5.41, 5.74) is -0.478. The van der Waals surface area contributed by atoms with Crippen LogP contribution in [0.5, 0.6) is 11.5 Å². The van der Waals surface area contributed by atoms with Crippen LogP contribution in [0.1, 0.15) is 51.3 Å². The average Bonchev–Trinajstić information content (AvgIpc) is 3.30. The number of nitrogens with zero attached hydrogens (tertiary/aromatic N) is 1. The Bertz CT molecular complexity index is 1340. The van der Waals surface area contributed by atoms with Gasteiger partial charge >= 0.3 is 11.9 Å². The zero-order valence-corrected chi connectivity index (χ0v) is 23.3. The van der Waals surface area contributed by atoms with E-state index in [0.29, 0.717) is 39.9 Å². The molecular formula is C29H34ClN2O7+. The SMILES string of the molecule is CC(=O)[C@H]1CNCC[C@]1(C(=O)O)[N@+]1(CC(C)(C)C)C(=O)COC(c2ccc3c(c2)OCO3)c2cc(Cl)ccc21. The summed E-state index contributed by atoms with van der Waals surface area (Å²) in [6.07, 6.45) is -0.647. The maximum Gasteiger partial charge on any atom is 0.367 e. The van der Waals surface area contributed by atoms with Crippen molar-refractivity contribution in [2.75, 3.05) is 33.0 Å². The van der Waals surface area contributed by atoms with Gasteiger partial charge in [-0.1, -0.05) is 38.4 Å². The number of aliphatic carboxylic acids is 1. The molecule has 3 heterocycles. The Hall–Kier alpha value is -2.98. The first kappa shape index (κ1) is 27.6. The second kappa shape index (κ2) is 9.89. The van der Waals surface area contributed by atoms with Gasteiger partial charge in [0.25, 0.3) is 0 Å². The van der Waals surface area contributed by atoms with Crippen LogP contribution in [-0.2, 0) is 19.1 Å². The van der Waals surface area contributed by atoms with Gasteiger partial charge in [-0.2, -0.15) is 0 Å². The lowest BCUT2D eigenvalue weighted by atomic mass is 9.70. The zero-order chi connectivity index (χ0) is 28.2. The smallest absolute Gasteiger partial charge is 0.367 e. The van der Waals surface area contributed by atoms with E-state index in [4.69, 9.17) is 25.8 Å². The van der Waals surface area contributed by atoms with Crippen molar-refractivity contribution in [1.82, 2.24) is 9.80 Å². The zero-order valence-electron chi connectivity index (χ0n) is 22.6. The number of halogens is 1. The van der Waals surface area contributed by atoms with Gasteiger partial charge in [-0.25, -0.2) is 14.1 Å². The number of piperidine rings is 1. The van der Waals surface area contributed by atoms with Gasteiger partial charge in [0.15, 0.2) is 18.1 Å². The summed E-state index contributed by atoms with van der Waals surface area (Å²) in [6.45, 7) is 7.72. The fourth-order valence-electron chi connectivity index (χ4n) is 6.61. The van der Waals surface area contributed by atoms with E-state index in [1.807, 2.05) is 32.9 Å². The van der Waals surface area contributed by atoms with E-state index in [2.05, 4.69) is 5.32 Å². The minimum atomic E-state index is -1.75. The third kappa shape index (κ3) is 4.41. The summed E-state index contributed by atoms with van der Waals surface area (Å²) in [4.78, 5) is 41.2. The molecule has 1 amide bonds. The van der Waals surface area contributed by atoms with Crippen LogP contribution in [0.3, 0.4) is 0 Å². The average molecular weight is 558 g/mol. The number of carboxylic acids is 1. The molecule has 39 heavy (non-hydrogen) atoms. The molecular weight excluding hydrogens is 524 g/mol. The first-order chi connectivity index (χ1) is 18.4. The number of ketones is 1. The molecule has 1 fully saturated rings. The minimum Gasteiger partial charge on any atom is -0.477 e. The van der Waals surface area contributed by atoms with E-state index in [1.54, 1.807) is 24.3 Å². The molecule has 3 aliphatic rings. The Balaban J connectivity index is 1.83. The summed E-state index contributed by atoms with van der Waals surface area (Å²) >= 11 is 6.53. The van der Waals surface area contributed by atoms with Gasteiger partial charge in [0.1, 0.15) is 17.6 Å². The third-order valence-corrected chi connectivity index (χ3v) is 8.28. The van der Waals surface area contributed by atoms with Crippen molar-refractivity contribution in [2.45, 2.75) is 45.8 Å². The summed E-state index contributed by atoms with van der Waals surface area (Å²) in [5, 5.41) is 14.7. The Labute approximate surface area is 232 Å². The fourth-order valence-corrected chi connectivity index (χ4v) is 6.79. The predicted molar refractivity (Wildman–Crippen MR) is 145 cm³/mol. The fraction of sp³-hybridized carbons (Fsp3) is 0.483. The standard InChI is InChI=1S/C29H33ClN2O7/c1-17(33)21-13-31-10-9-29(21,27(35)36)32(15-28(2,3)4)22-7-6-19(30)12-20(22)26(37-14-25(32)34)18-5-8-23-24(11-18)39-16-38-23/h5-8,11-12,21,26,31H,9-10,13-16H2,1-4H3/p+1/t21-,26?,29+,32+/m1/s1. The van der Waals surface area contributed by atoms with E-state index in [9.17, 15) is 19.5 Å². The number of carbonyl (C=O) groups excluding carboxylic acids is 2. The Morgan fingerprint density at radius 2 is 1.90 bits per heavy atom. The molecule has 0 spiro atoms. The van der Waals surface area contributed by atoms with Gasteiger partial charge in [-0.3, -0.25) is 4.79 Å². The Morgan fingerprint density at radius 3 is 2.59 bits per heavy atom. The number of benzene rings is 2. The van der Waals surface area contributed by atoms with Crippen LogP contribution in [0.15, 0.2) is 36.4 Å². The van der Waals surface area contributed by atoms with Gasteiger partial charge < -0.3 is 24.6 Å². The van der Waals surface area contributed by atoms with Gasteiger partial charge in [0.2, 0.25) is 12.3 Å². The molecule has 1 saturated heterocycles. The Kier molecular flexibility index (Phi) is 6.99. The van der Waals surface area contributed by atoms with E-state index in [0.717, 1.165) is 0 Å². The molecule has 3 aliphatic heterocycles. The largest absolute Gasteiger partial charge is 0.477 e. The maximum absolute atomic E-state index is 14.6. The number of hydrogen-bond donors (Lipinski definition) is 2. The number of Topliss-reactive ketones (excluding diaryl/α,β-unsaturated/α-hetero) is 1. The predicted octanol–water partition coefficient (Wildman–Crippen LogP) is 4.09. The first-order valence-electron chi connectivity index (χ1n) is 13.1. The number of fused-ring (bicyclic) bond motifs is 2. The summed E-state index contributed by atoms with van der Waals surface area (Å²) in [5.74, 6) is -1.65. The molecule has 2 aromatic carbocycles. The molecule has 4 atom stereocenters. The van der Waals surface area contributed by atoms with Gasteiger partial charge in [-0.05, 0) is 36.8 Å². The van der Waals surface area contributed by atoms with Crippen molar-refractivity contribution in [2.24, 2.45) is 11.3 Å². The van der Waals surface area contributed by atoms with Crippen LogP contribution in [0.25, 0.3) is 0 Å². The van der Waals surface area contributed by atoms with Crippen molar-refractivity contribution in [3.63, 3.8) is 0 Å². The molecule has 208 valence electrons. The molecule has 0 aromatic heterocycles. The quantitative estimate of drug-likeness (QED) is 0.529. The highest BCUT2D eigenvalue weighted by molar-refractivity contribution is 6.30. The molecule has 0 bridgehead atoms. The van der Waals surface area contributed by atoms with Crippen LogP contribution < -0.4 is 19.3 Å². The van der Waals surface area contributed by atoms with Crippen LogP contribution in [0.4, 0.5) is 5.69 Å². The number of amides is 1. The van der Waals surface area contributed by atoms with E-state index in [1.165, 1.54) is 6.92 Å². The second-order valence-electron chi connectivity index (χ2n) is 11.8. The number of rotatable bonds is 5. The van der Waals surface area contributed by atoms with Crippen LogP contribution in [-0.4, -0.2) is 61.3 Å². The molecule has 0 saturated carbocycles. The number of carboxylic acid groups (broad SMARTS) is 1. The van der Waals surface area contributed by atoms with Gasteiger partial charge in [-0.15, -0.1) is 0 Å². The molecule has 10 heteroatoms. The van der Waals surface area contributed by atoms with E-state index in [-0.39, 0.29) is 38.7 Å². The topological polar surface area (TPSA) is 111 Å². The lowest BCUT2D eigenvalue weighted by Gasteiger charge is -2.54. The lowest BCUT2D eigenvalue weighted by Crippen LogP contribution is -2.80. The summed E-state index contributed by atoms with van der Waals surface area (Å²) in [7, 11) is 0. The number of carbonyl (C=O) groups is 3. The van der Waals surface area contributed by atoms with Crippen molar-refractivity contribution in [3.05, 3.63) is 52.5 Å². The van der Waals surface area contributed by atoms with Gasteiger partial charge in [0.05, 0.1) is 12.5 Å². The highest BCUT2D eigenvalue weighted by Crippen LogP contribution is 2.51. The molecule has 2 aromatic rings. The molecule has 9 nitrogen and oxygen atoms in total. The van der Waals surface area contributed by atoms with Crippen molar-refractivity contribution in [3.8, 4) is 11.5 Å². The highest BCUT2D eigenvalue weighted by Gasteiger charge is 2.70. The molecule has 5 rings (SSSR count). The molecule has 2 N–H and O–H groups in total. The van der Waals surface area contributed by atoms with Crippen LogP contribution in [0, 0.1) is 11.3 Å². The van der Waals surface area contributed by atoms with E-state index >= 15 is 0 Å². The number of hydrogen-bond acceptors (Lipinski definition) is 7. The maximum atomic E-state index is 14.6. The monoisotopic (exact) mass is 557 g/mol. The van der Waals surface area contributed by atoms with E-state index < -0.39 is 39.3 Å². The number of ether oxygens (including phenoxy) is 3. The molecule has 1 unspecified atom stereocenters. The molecule has 0 radical (unpaired) electrons. The van der Waals surface area contributed by atoms with Gasteiger partial charge in [0, 0.05) is 41.6 Å². The Morgan fingerprint density at radius 1 is 1.15 bits per heavy atom.